The Balaban J connectivity index is 1.95. The SMILES string of the molecule is COC/C=C/[C@H]1CC[C@H](c2ccc(C#N)cc2F)CC1. The standard InChI is InChI=1S/C17H20FNO/c1-20-10-2-3-13-4-7-15(8-5-13)16-9-6-14(12-19)11-17(16)18/h2-3,6,9,11,13,15H,4-5,7-8,10H2,1H3/b3-2+/t13-,15-. The lowest BCUT2D eigenvalue weighted by atomic mass is 9.78. The highest BCUT2D eigenvalue weighted by atomic mass is 19.1. The molecule has 0 atom stereocenters. The summed E-state index contributed by atoms with van der Waals surface area (Å²) in [6.45, 7) is 0.657. The molecule has 0 aliphatic heterocycles. The molecule has 2 rings (SSSR count). The number of hydrogen-bond acceptors (Lipinski definition) is 2. The number of allylic oxidation sites excluding steroid dienone is 1. The maximum atomic E-state index is 14.0. The molecule has 0 N–H and O–H groups in total. The number of halogens is 1. The fraction of sp³-hybridized carbons (Fsp3) is 0.471. The molecule has 1 saturated carbocycles. The number of benzene rings is 1. The summed E-state index contributed by atoms with van der Waals surface area (Å²) in [5.41, 5.74) is 1.16. The van der Waals surface area contributed by atoms with Crippen LogP contribution < -0.4 is 0 Å². The predicted octanol–water partition coefficient (Wildman–Crippen LogP) is 4.17. The molecule has 3 heteroatoms. The van der Waals surface area contributed by atoms with Crippen LogP contribution in [0.4, 0.5) is 4.39 Å². The van der Waals surface area contributed by atoms with E-state index in [1.807, 2.05) is 6.07 Å². The van der Waals surface area contributed by atoms with Crippen molar-refractivity contribution in [1.82, 2.24) is 0 Å². The average molecular weight is 273 g/mol. The van der Waals surface area contributed by atoms with Crippen LogP contribution in [0.25, 0.3) is 0 Å². The van der Waals surface area contributed by atoms with Gasteiger partial charge in [-0.05, 0) is 55.2 Å². The Morgan fingerprint density at radius 2 is 2.10 bits per heavy atom. The molecule has 1 aliphatic carbocycles. The second kappa shape index (κ2) is 7.21. The maximum Gasteiger partial charge on any atom is 0.127 e. The second-order valence-electron chi connectivity index (χ2n) is 5.34. The van der Waals surface area contributed by atoms with Gasteiger partial charge in [0, 0.05) is 7.11 Å². The van der Waals surface area contributed by atoms with Gasteiger partial charge in [0.15, 0.2) is 0 Å². The van der Waals surface area contributed by atoms with Crippen LogP contribution >= 0.6 is 0 Å². The van der Waals surface area contributed by atoms with Crippen LogP contribution in [0.15, 0.2) is 30.4 Å². The minimum absolute atomic E-state index is 0.234. The molecular formula is C17H20FNO. The third-order valence-electron chi connectivity index (χ3n) is 4.01. The van der Waals surface area contributed by atoms with Crippen molar-refractivity contribution in [2.75, 3.05) is 13.7 Å². The van der Waals surface area contributed by atoms with Gasteiger partial charge in [0.25, 0.3) is 0 Å². The molecule has 0 aromatic heterocycles. The third kappa shape index (κ3) is 3.68. The lowest BCUT2D eigenvalue weighted by Crippen LogP contribution is -2.13. The van der Waals surface area contributed by atoms with E-state index in [1.165, 1.54) is 6.07 Å². The number of nitrogens with zero attached hydrogens (tertiary/aromatic N) is 1. The molecule has 0 spiro atoms. The smallest absolute Gasteiger partial charge is 0.127 e. The van der Waals surface area contributed by atoms with Gasteiger partial charge in [-0.2, -0.15) is 5.26 Å². The van der Waals surface area contributed by atoms with Crippen molar-refractivity contribution in [2.24, 2.45) is 5.92 Å². The first-order chi connectivity index (χ1) is 9.74. The summed E-state index contributed by atoms with van der Waals surface area (Å²) in [6, 6.07) is 6.81. The molecule has 1 aromatic carbocycles. The number of nitriles is 1. The van der Waals surface area contributed by atoms with Gasteiger partial charge in [-0.3, -0.25) is 0 Å². The van der Waals surface area contributed by atoms with Gasteiger partial charge in [-0.15, -0.1) is 0 Å². The van der Waals surface area contributed by atoms with Crippen molar-refractivity contribution < 1.29 is 9.13 Å². The quantitative estimate of drug-likeness (QED) is 0.771. The van der Waals surface area contributed by atoms with Gasteiger partial charge in [0.1, 0.15) is 5.82 Å². The highest BCUT2D eigenvalue weighted by Gasteiger charge is 2.23. The second-order valence-corrected chi connectivity index (χ2v) is 5.34. The minimum Gasteiger partial charge on any atom is -0.381 e. The van der Waals surface area contributed by atoms with E-state index in [4.69, 9.17) is 10.00 Å². The van der Waals surface area contributed by atoms with Gasteiger partial charge < -0.3 is 4.74 Å². The molecule has 0 radical (unpaired) electrons. The average Bonchev–Trinajstić information content (AvgIpc) is 2.48. The summed E-state index contributed by atoms with van der Waals surface area (Å²) in [6.07, 6.45) is 8.46. The number of ether oxygens (including phenoxy) is 1. The molecule has 0 unspecified atom stereocenters. The molecule has 0 amide bonds. The van der Waals surface area contributed by atoms with E-state index >= 15 is 0 Å². The molecule has 20 heavy (non-hydrogen) atoms. The first-order valence-electron chi connectivity index (χ1n) is 7.09. The minimum atomic E-state index is -0.234. The monoisotopic (exact) mass is 273 g/mol. The first kappa shape index (κ1) is 14.7. The Bertz CT molecular complexity index is 510. The number of methoxy groups -OCH3 is 1. The zero-order valence-corrected chi connectivity index (χ0v) is 11.8. The van der Waals surface area contributed by atoms with Crippen molar-refractivity contribution in [3.05, 3.63) is 47.3 Å². The molecule has 1 fully saturated rings. The summed E-state index contributed by atoms with van der Waals surface area (Å²) in [5.74, 6) is 0.639. The molecule has 1 aromatic rings. The lowest BCUT2D eigenvalue weighted by molar-refractivity contribution is 0.233. The van der Waals surface area contributed by atoms with Gasteiger partial charge >= 0.3 is 0 Å². The first-order valence-corrected chi connectivity index (χ1v) is 7.09. The molecule has 0 bridgehead atoms. The molecule has 0 heterocycles. The Hall–Kier alpha value is -1.66. The zero-order valence-electron chi connectivity index (χ0n) is 11.8. The van der Waals surface area contributed by atoms with Crippen LogP contribution in [0.1, 0.15) is 42.7 Å². The van der Waals surface area contributed by atoms with Crippen molar-refractivity contribution in [3.63, 3.8) is 0 Å². The highest BCUT2D eigenvalue weighted by Crippen LogP contribution is 2.37. The van der Waals surface area contributed by atoms with E-state index in [0.29, 0.717) is 18.1 Å². The van der Waals surface area contributed by atoms with Crippen molar-refractivity contribution in [2.45, 2.75) is 31.6 Å². The molecular weight excluding hydrogens is 253 g/mol. The zero-order chi connectivity index (χ0) is 14.4. The summed E-state index contributed by atoms with van der Waals surface area (Å²) in [5, 5.41) is 8.77. The summed E-state index contributed by atoms with van der Waals surface area (Å²) >= 11 is 0. The van der Waals surface area contributed by atoms with Gasteiger partial charge in [-0.25, -0.2) is 4.39 Å². The Morgan fingerprint density at radius 3 is 2.70 bits per heavy atom. The molecule has 0 saturated heterocycles. The summed E-state index contributed by atoms with van der Waals surface area (Å²) in [7, 11) is 1.69. The fourth-order valence-corrected chi connectivity index (χ4v) is 2.89. The normalized spacial score (nSPS) is 22.9. The van der Waals surface area contributed by atoms with E-state index in [2.05, 4.69) is 12.2 Å². The van der Waals surface area contributed by atoms with Crippen LogP contribution in [0, 0.1) is 23.1 Å². The highest BCUT2D eigenvalue weighted by molar-refractivity contribution is 5.34. The maximum absolute atomic E-state index is 14.0. The summed E-state index contributed by atoms with van der Waals surface area (Å²) in [4.78, 5) is 0. The molecule has 1 aliphatic rings. The van der Waals surface area contributed by atoms with E-state index in [0.717, 1.165) is 31.2 Å². The van der Waals surface area contributed by atoms with E-state index in [9.17, 15) is 4.39 Å². The third-order valence-corrected chi connectivity index (χ3v) is 4.01. The van der Waals surface area contributed by atoms with E-state index in [-0.39, 0.29) is 11.7 Å². The number of rotatable bonds is 4. The fourth-order valence-electron chi connectivity index (χ4n) is 2.89. The Morgan fingerprint density at radius 1 is 1.35 bits per heavy atom. The van der Waals surface area contributed by atoms with Crippen LogP contribution in [-0.2, 0) is 4.74 Å². The van der Waals surface area contributed by atoms with Gasteiger partial charge in [0.05, 0.1) is 18.2 Å². The van der Waals surface area contributed by atoms with Crippen molar-refractivity contribution >= 4 is 0 Å². The van der Waals surface area contributed by atoms with Crippen molar-refractivity contribution in [1.29, 1.82) is 5.26 Å². The van der Waals surface area contributed by atoms with E-state index < -0.39 is 0 Å². The number of hydrogen-bond donors (Lipinski definition) is 0. The molecule has 2 nitrogen and oxygen atoms in total. The van der Waals surface area contributed by atoms with Crippen LogP contribution in [0.3, 0.4) is 0 Å². The van der Waals surface area contributed by atoms with Crippen LogP contribution in [-0.4, -0.2) is 13.7 Å². The topological polar surface area (TPSA) is 33.0 Å². The van der Waals surface area contributed by atoms with Crippen molar-refractivity contribution in [3.8, 4) is 6.07 Å². The predicted molar refractivity (Wildman–Crippen MR) is 76.8 cm³/mol. The van der Waals surface area contributed by atoms with Crippen LogP contribution in [0.5, 0.6) is 0 Å². The Kier molecular flexibility index (Phi) is 5.31. The largest absolute Gasteiger partial charge is 0.381 e. The molecule has 106 valence electrons. The van der Waals surface area contributed by atoms with Gasteiger partial charge in [-0.1, -0.05) is 18.2 Å². The van der Waals surface area contributed by atoms with Gasteiger partial charge in [0.2, 0.25) is 0 Å². The lowest BCUT2D eigenvalue weighted by Gasteiger charge is -2.27. The summed E-state index contributed by atoms with van der Waals surface area (Å²) < 4.78 is 19.0. The van der Waals surface area contributed by atoms with E-state index in [1.54, 1.807) is 19.2 Å². The van der Waals surface area contributed by atoms with Crippen LogP contribution in [0.2, 0.25) is 0 Å². The Labute approximate surface area is 119 Å².